The third kappa shape index (κ3) is 5.92. The third-order valence-corrected chi connectivity index (χ3v) is 7.10. The van der Waals surface area contributed by atoms with E-state index in [9.17, 15) is 0 Å². The van der Waals surface area contributed by atoms with Crippen molar-refractivity contribution in [2.75, 3.05) is 25.5 Å². The van der Waals surface area contributed by atoms with Gasteiger partial charge in [-0.1, -0.05) is 24.3 Å². The van der Waals surface area contributed by atoms with Crippen LogP contribution in [0.5, 0.6) is 5.75 Å². The van der Waals surface area contributed by atoms with Crippen LogP contribution in [0.25, 0.3) is 22.6 Å². The van der Waals surface area contributed by atoms with E-state index in [0.29, 0.717) is 13.2 Å². The molecule has 0 unspecified atom stereocenters. The molecule has 4 aromatic heterocycles. The molecular formula is C31H31N9O. The lowest BCUT2D eigenvalue weighted by atomic mass is 10.1. The van der Waals surface area contributed by atoms with E-state index in [4.69, 9.17) is 10.1 Å². The summed E-state index contributed by atoms with van der Waals surface area (Å²) in [7, 11) is 1.82. The number of benzene rings is 1. The number of allylic oxidation sites excluding steroid dienone is 1. The first-order valence-electron chi connectivity index (χ1n) is 13.5. The monoisotopic (exact) mass is 545 g/mol. The number of pyridine rings is 2. The Bertz CT molecular complexity index is 1670. The maximum atomic E-state index is 7.59. The lowest BCUT2D eigenvalue weighted by molar-refractivity contribution is 0.211. The maximum absolute atomic E-state index is 7.59. The molecule has 206 valence electrons. The molecular weight excluding hydrogens is 514 g/mol. The molecule has 0 aliphatic carbocycles. The van der Waals surface area contributed by atoms with Crippen LogP contribution in [-0.4, -0.2) is 55.7 Å². The van der Waals surface area contributed by atoms with Gasteiger partial charge in [0, 0.05) is 81.9 Å². The molecule has 3 N–H and O–H groups in total. The van der Waals surface area contributed by atoms with Crippen LogP contribution in [0.2, 0.25) is 0 Å². The van der Waals surface area contributed by atoms with Crippen molar-refractivity contribution in [1.82, 2.24) is 34.6 Å². The quantitative estimate of drug-likeness (QED) is 0.209. The highest BCUT2D eigenvalue weighted by molar-refractivity contribution is 6.08. The van der Waals surface area contributed by atoms with Crippen LogP contribution in [0.1, 0.15) is 22.3 Å². The van der Waals surface area contributed by atoms with Crippen LogP contribution >= 0.6 is 0 Å². The molecule has 1 aliphatic rings. The van der Waals surface area contributed by atoms with Gasteiger partial charge in [0.15, 0.2) is 0 Å². The highest BCUT2D eigenvalue weighted by Gasteiger charge is 2.18. The zero-order chi connectivity index (χ0) is 28.0. The number of nitrogens with one attached hydrogen (secondary N) is 3. The summed E-state index contributed by atoms with van der Waals surface area (Å²) >= 11 is 0. The minimum absolute atomic E-state index is 0.602. The van der Waals surface area contributed by atoms with E-state index in [1.807, 2.05) is 84.9 Å². The average Bonchev–Trinajstić information content (AvgIpc) is 3.63. The number of hydrogen-bond donors (Lipinski definition) is 3. The predicted molar refractivity (Wildman–Crippen MR) is 160 cm³/mol. The number of hydrogen-bond acceptors (Lipinski definition) is 9. The van der Waals surface area contributed by atoms with E-state index in [1.165, 1.54) is 17.3 Å². The number of fused-ring (bicyclic) bond motifs is 2. The van der Waals surface area contributed by atoms with Gasteiger partial charge in [-0.3, -0.25) is 14.3 Å². The fraction of sp³-hybridized carbons (Fsp3) is 0.194. The van der Waals surface area contributed by atoms with Crippen LogP contribution in [0.4, 0.5) is 5.82 Å². The molecule has 10 nitrogen and oxygen atoms in total. The van der Waals surface area contributed by atoms with Gasteiger partial charge in [-0.05, 0) is 34.4 Å². The van der Waals surface area contributed by atoms with Gasteiger partial charge < -0.3 is 20.8 Å². The van der Waals surface area contributed by atoms with Gasteiger partial charge in [-0.2, -0.15) is 0 Å². The summed E-state index contributed by atoms with van der Waals surface area (Å²) in [6.07, 6.45) is 12.3. The Kier molecular flexibility index (Phi) is 7.63. The van der Waals surface area contributed by atoms with Gasteiger partial charge in [0.2, 0.25) is 0 Å². The zero-order valence-corrected chi connectivity index (χ0v) is 22.8. The number of imidazole rings is 1. The summed E-state index contributed by atoms with van der Waals surface area (Å²) < 4.78 is 8.06. The van der Waals surface area contributed by atoms with Crippen molar-refractivity contribution in [1.29, 1.82) is 5.41 Å². The van der Waals surface area contributed by atoms with Crippen molar-refractivity contribution in [2.24, 2.45) is 0 Å². The fourth-order valence-electron chi connectivity index (χ4n) is 4.95. The van der Waals surface area contributed by atoms with Gasteiger partial charge >= 0.3 is 0 Å². The van der Waals surface area contributed by atoms with Crippen LogP contribution in [-0.2, 0) is 19.6 Å². The van der Waals surface area contributed by atoms with Gasteiger partial charge in [0.25, 0.3) is 0 Å². The molecule has 0 atom stereocenters. The molecule has 41 heavy (non-hydrogen) atoms. The van der Waals surface area contributed by atoms with Gasteiger partial charge in [0.05, 0.1) is 17.6 Å². The minimum atomic E-state index is 0.602. The molecule has 0 spiro atoms. The van der Waals surface area contributed by atoms with Crippen molar-refractivity contribution in [2.45, 2.75) is 19.6 Å². The van der Waals surface area contributed by atoms with Crippen molar-refractivity contribution in [3.8, 4) is 17.1 Å². The molecule has 6 rings (SSSR count). The predicted octanol–water partition coefficient (Wildman–Crippen LogP) is 4.40. The first kappa shape index (κ1) is 26.1. The minimum Gasteiger partial charge on any atom is -0.492 e. The summed E-state index contributed by atoms with van der Waals surface area (Å²) in [5, 5.41) is 13.9. The lowest BCUT2D eigenvalue weighted by Crippen LogP contribution is -2.22. The molecule has 0 saturated heterocycles. The Morgan fingerprint density at radius 1 is 1.02 bits per heavy atom. The summed E-state index contributed by atoms with van der Waals surface area (Å²) in [5.41, 5.74) is 8.00. The van der Waals surface area contributed by atoms with Gasteiger partial charge in [0.1, 0.15) is 30.1 Å². The topological polar surface area (TPSA) is 116 Å². The highest BCUT2D eigenvalue weighted by Crippen LogP contribution is 2.24. The van der Waals surface area contributed by atoms with Crippen molar-refractivity contribution < 1.29 is 4.74 Å². The van der Waals surface area contributed by atoms with E-state index in [-0.39, 0.29) is 0 Å². The van der Waals surface area contributed by atoms with Gasteiger partial charge in [-0.25, -0.2) is 15.0 Å². The van der Waals surface area contributed by atoms with Crippen LogP contribution in [0.3, 0.4) is 0 Å². The van der Waals surface area contributed by atoms with E-state index < -0.39 is 0 Å². The number of ether oxygens (including phenoxy) is 1. The second-order valence-electron chi connectivity index (χ2n) is 9.81. The molecule has 1 aliphatic heterocycles. The number of nitrogens with zero attached hydrogens (tertiary/aromatic N) is 6. The van der Waals surface area contributed by atoms with E-state index in [0.717, 1.165) is 64.9 Å². The molecule has 0 saturated carbocycles. The van der Waals surface area contributed by atoms with Crippen LogP contribution < -0.4 is 15.4 Å². The normalized spacial score (nSPS) is 13.2. The Hall–Kier alpha value is -5.09. The lowest BCUT2D eigenvalue weighted by Gasteiger charge is -2.15. The standard InChI is InChI=1S/C31H31N9O/c1-33-16-25(14-32)23-4-2-22(3-5-23)15-35-30-13-28(37-21-38-30)29-18-36-31-12-27(7-9-40(29)31)41-11-10-39-19-24-6-8-34-17-26(24)20-39/h2-9,12-14,16-18,21,32-33H,10-11,15,19-20H2,1H3,(H,35,37,38)/b25-16+,32-14?. The van der Waals surface area contributed by atoms with Crippen LogP contribution in [0, 0.1) is 5.41 Å². The van der Waals surface area contributed by atoms with E-state index >= 15 is 0 Å². The summed E-state index contributed by atoms with van der Waals surface area (Å²) in [4.78, 5) is 20.1. The van der Waals surface area contributed by atoms with Crippen LogP contribution in [0.15, 0.2) is 85.8 Å². The molecule has 0 fully saturated rings. The molecule has 0 bridgehead atoms. The summed E-state index contributed by atoms with van der Waals surface area (Å²) in [5.74, 6) is 1.52. The number of rotatable bonds is 11. The molecule has 5 heterocycles. The van der Waals surface area contributed by atoms with Crippen molar-refractivity contribution in [3.63, 3.8) is 0 Å². The Balaban J connectivity index is 1.07. The van der Waals surface area contributed by atoms with E-state index in [2.05, 4.69) is 41.5 Å². The zero-order valence-electron chi connectivity index (χ0n) is 22.8. The summed E-state index contributed by atoms with van der Waals surface area (Å²) in [6, 6.07) is 16.0. The SMILES string of the molecule is CN/C=C(\C=N)c1ccc(CNc2cc(-c3cnc4cc(OCCN5Cc6ccncc6C5)ccn34)ncn2)cc1. The molecule has 0 radical (unpaired) electrons. The first-order chi connectivity index (χ1) is 20.2. The average molecular weight is 546 g/mol. The van der Waals surface area contributed by atoms with Crippen molar-refractivity contribution in [3.05, 3.63) is 108 Å². The Labute approximate surface area is 238 Å². The smallest absolute Gasteiger partial charge is 0.140 e. The number of aromatic nitrogens is 5. The Morgan fingerprint density at radius 2 is 1.90 bits per heavy atom. The van der Waals surface area contributed by atoms with E-state index in [1.54, 1.807) is 6.33 Å². The largest absolute Gasteiger partial charge is 0.492 e. The third-order valence-electron chi connectivity index (χ3n) is 7.10. The van der Waals surface area contributed by atoms with Gasteiger partial charge in [-0.15, -0.1) is 0 Å². The fourth-order valence-corrected chi connectivity index (χ4v) is 4.95. The van der Waals surface area contributed by atoms with Crippen molar-refractivity contribution >= 4 is 23.3 Å². The maximum Gasteiger partial charge on any atom is 0.140 e. The Morgan fingerprint density at radius 3 is 2.73 bits per heavy atom. The highest BCUT2D eigenvalue weighted by atomic mass is 16.5. The second-order valence-corrected chi connectivity index (χ2v) is 9.81. The second kappa shape index (κ2) is 12.0. The summed E-state index contributed by atoms with van der Waals surface area (Å²) in [6.45, 7) is 3.91. The molecule has 0 amide bonds. The molecule has 5 aromatic rings. The number of anilines is 1. The molecule has 1 aromatic carbocycles. The molecule has 10 heteroatoms. The first-order valence-corrected chi connectivity index (χ1v) is 13.5.